The predicted molar refractivity (Wildman–Crippen MR) is 41.7 cm³/mol. The Kier molecular flexibility index (Phi) is 1.89. The summed E-state index contributed by atoms with van der Waals surface area (Å²) in [5.74, 6) is 0.155. The van der Waals surface area contributed by atoms with E-state index in [9.17, 15) is 5.11 Å². The van der Waals surface area contributed by atoms with E-state index in [0.29, 0.717) is 13.2 Å². The zero-order chi connectivity index (χ0) is 7.68. The molecule has 2 unspecified atom stereocenters. The zero-order valence-electron chi connectivity index (χ0n) is 5.93. The summed E-state index contributed by atoms with van der Waals surface area (Å²) < 4.78 is 5.12. The molecule has 1 saturated heterocycles. The maximum Gasteiger partial charge on any atom is 0.0872 e. The third-order valence-electron chi connectivity index (χ3n) is 1.87. The molecule has 2 heterocycles. The van der Waals surface area contributed by atoms with Crippen molar-refractivity contribution < 1.29 is 9.84 Å². The lowest BCUT2D eigenvalue weighted by molar-refractivity contribution is 0.125. The van der Waals surface area contributed by atoms with Crippen LogP contribution in [0.2, 0.25) is 0 Å². The second kappa shape index (κ2) is 2.89. The van der Waals surface area contributed by atoms with Crippen LogP contribution < -0.4 is 0 Å². The minimum atomic E-state index is -0.338. The maximum absolute atomic E-state index is 9.41. The fourth-order valence-electron chi connectivity index (χ4n) is 1.22. The highest BCUT2D eigenvalue weighted by Gasteiger charge is 2.28. The Balaban J connectivity index is 2.16. The Morgan fingerprint density at radius 2 is 2.55 bits per heavy atom. The highest BCUT2D eigenvalue weighted by Crippen LogP contribution is 2.27. The smallest absolute Gasteiger partial charge is 0.0872 e. The van der Waals surface area contributed by atoms with Gasteiger partial charge in [-0.15, -0.1) is 11.3 Å². The highest BCUT2D eigenvalue weighted by atomic mass is 32.1. The fourth-order valence-corrected chi connectivity index (χ4v) is 1.99. The highest BCUT2D eigenvalue weighted by molar-refractivity contribution is 7.09. The standard InChI is InChI=1S/C7H9NO2S/c9-6-3-10-2-5(6)7-1-8-4-11-7/h1,4-6,9H,2-3H2. The SMILES string of the molecule is OC1COCC1c1cncs1. The van der Waals surface area contributed by atoms with Gasteiger partial charge in [-0.3, -0.25) is 4.98 Å². The van der Waals surface area contributed by atoms with E-state index in [4.69, 9.17) is 4.74 Å². The Bertz CT molecular complexity index is 224. The molecule has 0 spiro atoms. The van der Waals surface area contributed by atoms with Gasteiger partial charge >= 0.3 is 0 Å². The van der Waals surface area contributed by atoms with Crippen molar-refractivity contribution in [3.8, 4) is 0 Å². The van der Waals surface area contributed by atoms with Crippen LogP contribution in [0, 0.1) is 0 Å². The van der Waals surface area contributed by atoms with Crippen LogP contribution in [-0.2, 0) is 4.74 Å². The van der Waals surface area contributed by atoms with Crippen LogP contribution in [0.3, 0.4) is 0 Å². The van der Waals surface area contributed by atoms with Crippen molar-refractivity contribution in [1.82, 2.24) is 4.98 Å². The van der Waals surface area contributed by atoms with E-state index in [1.807, 2.05) is 0 Å². The van der Waals surface area contributed by atoms with Gasteiger partial charge in [0, 0.05) is 17.0 Å². The van der Waals surface area contributed by atoms with Gasteiger partial charge in [0.1, 0.15) is 0 Å². The number of aromatic nitrogens is 1. The van der Waals surface area contributed by atoms with Crippen molar-refractivity contribution in [1.29, 1.82) is 0 Å². The van der Waals surface area contributed by atoms with Crippen molar-refractivity contribution in [2.75, 3.05) is 13.2 Å². The molecular formula is C7H9NO2S. The lowest BCUT2D eigenvalue weighted by Crippen LogP contribution is -2.14. The molecule has 1 aliphatic heterocycles. The van der Waals surface area contributed by atoms with Crippen LogP contribution in [0.4, 0.5) is 0 Å². The first-order valence-corrected chi connectivity index (χ1v) is 4.40. The molecule has 1 N–H and O–H groups in total. The molecule has 1 fully saturated rings. The lowest BCUT2D eigenvalue weighted by atomic mass is 10.1. The number of hydrogen-bond donors (Lipinski definition) is 1. The van der Waals surface area contributed by atoms with E-state index in [1.54, 1.807) is 23.0 Å². The Hall–Kier alpha value is -0.450. The molecule has 0 bridgehead atoms. The molecule has 0 saturated carbocycles. The molecule has 4 heteroatoms. The summed E-state index contributed by atoms with van der Waals surface area (Å²) in [6.45, 7) is 1.09. The average molecular weight is 171 g/mol. The Morgan fingerprint density at radius 3 is 3.09 bits per heavy atom. The minimum absolute atomic E-state index is 0.155. The van der Waals surface area contributed by atoms with Gasteiger partial charge in [-0.1, -0.05) is 0 Å². The molecule has 0 amide bonds. The van der Waals surface area contributed by atoms with E-state index in [0.717, 1.165) is 4.88 Å². The van der Waals surface area contributed by atoms with E-state index >= 15 is 0 Å². The number of nitrogens with zero attached hydrogens (tertiary/aromatic N) is 1. The number of rotatable bonds is 1. The van der Waals surface area contributed by atoms with E-state index < -0.39 is 0 Å². The molecule has 3 nitrogen and oxygen atoms in total. The molecular weight excluding hydrogens is 162 g/mol. The third-order valence-corrected chi connectivity index (χ3v) is 2.77. The fraction of sp³-hybridized carbons (Fsp3) is 0.571. The summed E-state index contributed by atoms with van der Waals surface area (Å²) in [6, 6.07) is 0. The molecule has 1 aliphatic rings. The zero-order valence-corrected chi connectivity index (χ0v) is 6.75. The molecule has 2 atom stereocenters. The van der Waals surface area contributed by atoms with E-state index in [1.165, 1.54) is 0 Å². The van der Waals surface area contributed by atoms with Crippen molar-refractivity contribution >= 4 is 11.3 Å². The van der Waals surface area contributed by atoms with Crippen LogP contribution in [0.25, 0.3) is 0 Å². The number of aliphatic hydroxyl groups excluding tert-OH is 1. The number of aliphatic hydroxyl groups is 1. The first-order valence-electron chi connectivity index (χ1n) is 3.52. The normalized spacial score (nSPS) is 31.0. The first-order chi connectivity index (χ1) is 5.38. The van der Waals surface area contributed by atoms with Gasteiger partial charge in [0.15, 0.2) is 0 Å². The van der Waals surface area contributed by atoms with Crippen LogP contribution in [0.15, 0.2) is 11.7 Å². The van der Waals surface area contributed by atoms with Crippen LogP contribution >= 0.6 is 11.3 Å². The minimum Gasteiger partial charge on any atom is -0.390 e. The summed E-state index contributed by atoms with van der Waals surface area (Å²) in [5, 5.41) is 9.41. The van der Waals surface area contributed by atoms with Crippen molar-refractivity contribution in [2.24, 2.45) is 0 Å². The summed E-state index contributed by atoms with van der Waals surface area (Å²) in [5.41, 5.74) is 1.78. The second-order valence-electron chi connectivity index (χ2n) is 2.62. The van der Waals surface area contributed by atoms with Crippen LogP contribution in [0.1, 0.15) is 10.8 Å². The number of thiazole rings is 1. The summed E-state index contributed by atoms with van der Waals surface area (Å²) in [4.78, 5) is 5.07. The number of ether oxygens (including phenoxy) is 1. The van der Waals surface area contributed by atoms with Gasteiger partial charge in [0.25, 0.3) is 0 Å². The molecule has 11 heavy (non-hydrogen) atoms. The largest absolute Gasteiger partial charge is 0.390 e. The van der Waals surface area contributed by atoms with Crippen molar-refractivity contribution in [3.63, 3.8) is 0 Å². The Morgan fingerprint density at radius 1 is 1.64 bits per heavy atom. The summed E-state index contributed by atoms with van der Waals surface area (Å²) in [6.07, 6.45) is 1.46. The third kappa shape index (κ3) is 1.29. The van der Waals surface area contributed by atoms with E-state index in [2.05, 4.69) is 4.98 Å². The monoisotopic (exact) mass is 171 g/mol. The Labute approximate surface area is 68.7 Å². The van der Waals surface area contributed by atoms with Crippen molar-refractivity contribution in [3.05, 3.63) is 16.6 Å². The molecule has 0 aromatic carbocycles. The summed E-state index contributed by atoms with van der Waals surface area (Å²) >= 11 is 1.57. The van der Waals surface area contributed by atoms with Crippen LogP contribution in [-0.4, -0.2) is 29.4 Å². The summed E-state index contributed by atoms with van der Waals surface area (Å²) in [7, 11) is 0. The maximum atomic E-state index is 9.41. The molecule has 0 radical (unpaired) electrons. The van der Waals surface area contributed by atoms with Gasteiger partial charge in [-0.05, 0) is 0 Å². The molecule has 1 aromatic heterocycles. The molecule has 60 valence electrons. The second-order valence-corrected chi connectivity index (χ2v) is 3.53. The molecule has 1 aromatic rings. The predicted octanol–water partition coefficient (Wildman–Crippen LogP) is 0.618. The van der Waals surface area contributed by atoms with Gasteiger partial charge in [-0.2, -0.15) is 0 Å². The number of hydrogen-bond acceptors (Lipinski definition) is 4. The molecule has 0 aliphatic carbocycles. The van der Waals surface area contributed by atoms with Gasteiger partial charge in [0.05, 0.1) is 24.8 Å². The van der Waals surface area contributed by atoms with Gasteiger partial charge in [-0.25, -0.2) is 0 Å². The first kappa shape index (κ1) is 7.21. The average Bonchev–Trinajstić information content (AvgIpc) is 2.55. The van der Waals surface area contributed by atoms with Crippen molar-refractivity contribution in [2.45, 2.75) is 12.0 Å². The van der Waals surface area contributed by atoms with Crippen LogP contribution in [0.5, 0.6) is 0 Å². The molecule has 2 rings (SSSR count). The van der Waals surface area contributed by atoms with Gasteiger partial charge in [0.2, 0.25) is 0 Å². The van der Waals surface area contributed by atoms with E-state index in [-0.39, 0.29) is 12.0 Å². The quantitative estimate of drug-likeness (QED) is 0.673. The van der Waals surface area contributed by atoms with Gasteiger partial charge < -0.3 is 9.84 Å². The topological polar surface area (TPSA) is 42.4 Å². The lowest BCUT2D eigenvalue weighted by Gasteiger charge is -2.07.